The lowest BCUT2D eigenvalue weighted by Crippen LogP contribution is -2.57. The smallest absolute Gasteiger partial charge is 0.312 e. The second-order valence-corrected chi connectivity index (χ2v) is 11.2. The molecule has 3 saturated heterocycles. The number of aliphatic hydroxyl groups is 1. The predicted octanol–water partition coefficient (Wildman–Crippen LogP) is 4.20. The lowest BCUT2D eigenvalue weighted by atomic mass is 9.65. The van der Waals surface area contributed by atoms with Gasteiger partial charge in [-0.05, 0) is 44.1 Å². The zero-order valence-electron chi connectivity index (χ0n) is 23.9. The van der Waals surface area contributed by atoms with Gasteiger partial charge in [0.1, 0.15) is 17.6 Å². The van der Waals surface area contributed by atoms with Crippen LogP contribution in [0.25, 0.3) is 0 Å². The fourth-order valence-corrected chi connectivity index (χ4v) is 7.12. The van der Waals surface area contributed by atoms with Gasteiger partial charge in [-0.3, -0.25) is 14.4 Å². The molecule has 2 unspecified atom stereocenters. The molecule has 3 fully saturated rings. The molecule has 1 aromatic rings. The van der Waals surface area contributed by atoms with E-state index in [2.05, 4.69) is 20.1 Å². The quantitative estimate of drug-likeness (QED) is 0.199. The van der Waals surface area contributed by atoms with Gasteiger partial charge in [-0.2, -0.15) is 0 Å². The van der Waals surface area contributed by atoms with E-state index in [4.69, 9.17) is 9.47 Å². The van der Waals surface area contributed by atoms with Crippen LogP contribution < -0.4 is 0 Å². The van der Waals surface area contributed by atoms with Crippen molar-refractivity contribution in [1.82, 2.24) is 9.80 Å². The molecule has 4 rings (SSSR count). The number of amides is 2. The number of hydrogen-bond acceptors (Lipinski definition) is 6. The van der Waals surface area contributed by atoms with Crippen molar-refractivity contribution in [3.63, 3.8) is 0 Å². The van der Waals surface area contributed by atoms with E-state index < -0.39 is 41.1 Å². The van der Waals surface area contributed by atoms with Crippen molar-refractivity contribution in [2.24, 2.45) is 11.8 Å². The normalized spacial score (nSPS) is 29.2. The average molecular weight is 553 g/mol. The van der Waals surface area contributed by atoms with E-state index in [-0.39, 0.29) is 25.0 Å². The second-order valence-electron chi connectivity index (χ2n) is 11.2. The van der Waals surface area contributed by atoms with Crippen LogP contribution in [0.5, 0.6) is 0 Å². The number of ether oxygens (including phenoxy) is 2. The summed E-state index contributed by atoms with van der Waals surface area (Å²) in [6, 6.07) is 7.50. The van der Waals surface area contributed by atoms with Gasteiger partial charge in [0.15, 0.2) is 0 Å². The maximum Gasteiger partial charge on any atom is 0.312 e. The van der Waals surface area contributed by atoms with Crippen LogP contribution in [-0.4, -0.2) is 76.2 Å². The van der Waals surface area contributed by atoms with Crippen LogP contribution in [0.3, 0.4) is 0 Å². The van der Waals surface area contributed by atoms with E-state index in [0.29, 0.717) is 38.8 Å². The molecule has 0 aromatic heterocycles. The van der Waals surface area contributed by atoms with Gasteiger partial charge in [0.05, 0.1) is 30.8 Å². The third-order valence-electron chi connectivity index (χ3n) is 9.04. The first-order chi connectivity index (χ1) is 19.4. The summed E-state index contributed by atoms with van der Waals surface area (Å²) in [5.41, 5.74) is -1.32. The van der Waals surface area contributed by atoms with Crippen LogP contribution in [0.2, 0.25) is 0 Å². The molecule has 3 aliphatic heterocycles. The second kappa shape index (κ2) is 12.7. The Morgan fingerprint density at radius 3 is 2.58 bits per heavy atom. The van der Waals surface area contributed by atoms with Crippen LogP contribution in [0.15, 0.2) is 55.6 Å². The van der Waals surface area contributed by atoms with Crippen molar-refractivity contribution >= 4 is 17.8 Å². The monoisotopic (exact) mass is 552 g/mol. The van der Waals surface area contributed by atoms with Crippen LogP contribution in [0.4, 0.5) is 0 Å². The topological polar surface area (TPSA) is 96.4 Å². The Bertz CT molecular complexity index is 1090. The number of likely N-dealkylation sites (tertiary alicyclic amines) is 1. The lowest BCUT2D eigenvalue weighted by molar-refractivity contribution is -0.163. The number of nitrogens with zero attached hydrogens (tertiary/aromatic N) is 2. The summed E-state index contributed by atoms with van der Waals surface area (Å²) in [6.45, 7) is 12.3. The molecular formula is C32H44N2O6. The lowest BCUT2D eigenvalue weighted by Gasteiger charge is -2.39. The van der Waals surface area contributed by atoms with Gasteiger partial charge in [-0.25, -0.2) is 0 Å². The maximum atomic E-state index is 14.5. The van der Waals surface area contributed by atoms with E-state index in [1.165, 1.54) is 4.90 Å². The maximum absolute atomic E-state index is 14.5. The molecule has 8 nitrogen and oxygen atoms in total. The molecule has 0 radical (unpaired) electrons. The Labute approximate surface area is 238 Å². The zero-order valence-corrected chi connectivity index (χ0v) is 23.9. The third-order valence-corrected chi connectivity index (χ3v) is 9.04. The molecule has 40 heavy (non-hydrogen) atoms. The molecule has 6 atom stereocenters. The highest BCUT2D eigenvalue weighted by Gasteiger charge is 2.79. The van der Waals surface area contributed by atoms with E-state index in [1.54, 1.807) is 17.1 Å². The number of aliphatic hydroxyl groups excluding tert-OH is 1. The number of benzene rings is 1. The number of allylic oxidation sites excluding steroid dienone is 1. The molecule has 2 bridgehead atoms. The van der Waals surface area contributed by atoms with E-state index in [9.17, 15) is 19.5 Å². The predicted molar refractivity (Wildman–Crippen MR) is 152 cm³/mol. The summed E-state index contributed by atoms with van der Waals surface area (Å²) in [5.74, 6) is -2.70. The standard InChI is InChI=1S/C32H44N2O6/c1-5-9-14-21-39-30(38)26-25-28(36)34(24(22-35)23-15-12-11-13-16-23)27(29(37)33(19-7-3)20-10-6-2)32(25)18-17-31(26,8-4)40-32/h5,7,11-13,15-16,24-27,35H,1,3,6,8-10,14,17-22H2,2,4H3/t24-,25+,26-,27?,31+,32?/m1/s1. The Morgan fingerprint density at radius 1 is 1.20 bits per heavy atom. The van der Waals surface area contributed by atoms with Crippen LogP contribution in [-0.2, 0) is 23.9 Å². The van der Waals surface area contributed by atoms with Crippen molar-refractivity contribution in [3.05, 3.63) is 61.2 Å². The number of hydrogen-bond donors (Lipinski definition) is 1. The molecule has 3 aliphatic rings. The minimum absolute atomic E-state index is 0.231. The summed E-state index contributed by atoms with van der Waals surface area (Å²) in [7, 11) is 0. The fourth-order valence-electron chi connectivity index (χ4n) is 7.12. The zero-order chi connectivity index (χ0) is 28.9. The highest BCUT2D eigenvalue weighted by atomic mass is 16.6. The molecule has 0 aliphatic carbocycles. The molecule has 8 heteroatoms. The highest BCUT2D eigenvalue weighted by Crippen LogP contribution is 2.65. The first-order valence-electron chi connectivity index (χ1n) is 14.7. The molecule has 1 spiro atoms. The Balaban J connectivity index is 1.80. The van der Waals surface area contributed by atoms with Gasteiger partial charge in [0.25, 0.3) is 0 Å². The van der Waals surface area contributed by atoms with Gasteiger partial charge in [0, 0.05) is 13.1 Å². The van der Waals surface area contributed by atoms with Gasteiger partial charge >= 0.3 is 5.97 Å². The fraction of sp³-hybridized carbons (Fsp3) is 0.594. The molecule has 1 aromatic carbocycles. The first-order valence-corrected chi connectivity index (χ1v) is 14.7. The Kier molecular flexibility index (Phi) is 9.52. The van der Waals surface area contributed by atoms with E-state index >= 15 is 0 Å². The Morgan fingerprint density at radius 2 is 1.95 bits per heavy atom. The summed E-state index contributed by atoms with van der Waals surface area (Å²) in [6.07, 6.45) is 8.10. The summed E-state index contributed by atoms with van der Waals surface area (Å²) in [5, 5.41) is 10.6. The van der Waals surface area contributed by atoms with Crippen molar-refractivity contribution in [3.8, 4) is 0 Å². The van der Waals surface area contributed by atoms with Crippen molar-refractivity contribution in [2.75, 3.05) is 26.3 Å². The number of carbonyl (C=O) groups is 3. The number of unbranched alkanes of at least 4 members (excludes halogenated alkanes) is 2. The third kappa shape index (κ3) is 5.00. The van der Waals surface area contributed by atoms with Crippen molar-refractivity contribution in [1.29, 1.82) is 0 Å². The number of carbonyl (C=O) groups excluding carboxylic acids is 3. The minimum Gasteiger partial charge on any atom is -0.465 e. The molecule has 0 saturated carbocycles. The largest absolute Gasteiger partial charge is 0.465 e. The SMILES string of the molecule is C=CCCCOC(=O)[C@H]1[C@H]2C(=O)N([C@H](CO)c3ccccc3)C(C(=O)N(CC=C)CCCC)C23CC[C@]1(CC)O3. The minimum atomic E-state index is -1.18. The first kappa shape index (κ1) is 30.0. The van der Waals surface area contributed by atoms with E-state index in [0.717, 1.165) is 24.8 Å². The molecular weight excluding hydrogens is 508 g/mol. The molecule has 3 heterocycles. The summed E-state index contributed by atoms with van der Waals surface area (Å²) >= 11 is 0. The Hall–Kier alpha value is -2.97. The van der Waals surface area contributed by atoms with Gasteiger partial charge in [-0.15, -0.1) is 13.2 Å². The van der Waals surface area contributed by atoms with Gasteiger partial charge in [-0.1, -0.05) is 62.8 Å². The van der Waals surface area contributed by atoms with Gasteiger partial charge < -0.3 is 24.4 Å². The molecule has 1 N–H and O–H groups in total. The van der Waals surface area contributed by atoms with E-state index in [1.807, 2.05) is 37.3 Å². The molecule has 2 amide bonds. The average Bonchev–Trinajstić information content (AvgIpc) is 3.58. The molecule has 218 valence electrons. The van der Waals surface area contributed by atoms with Crippen molar-refractivity contribution in [2.45, 2.75) is 82.1 Å². The number of esters is 1. The van der Waals surface area contributed by atoms with Crippen LogP contribution in [0.1, 0.15) is 70.4 Å². The van der Waals surface area contributed by atoms with Crippen LogP contribution >= 0.6 is 0 Å². The number of rotatable bonds is 15. The summed E-state index contributed by atoms with van der Waals surface area (Å²) in [4.78, 5) is 45.9. The summed E-state index contributed by atoms with van der Waals surface area (Å²) < 4.78 is 12.6. The number of fused-ring (bicyclic) bond motifs is 1. The van der Waals surface area contributed by atoms with Crippen LogP contribution in [0, 0.1) is 11.8 Å². The highest BCUT2D eigenvalue weighted by molar-refractivity contribution is 5.99. The van der Waals surface area contributed by atoms with Gasteiger partial charge in [0.2, 0.25) is 11.8 Å². The van der Waals surface area contributed by atoms with Crippen molar-refractivity contribution < 1.29 is 29.0 Å².